The molecule has 1 saturated heterocycles. The first-order valence-corrected chi connectivity index (χ1v) is 6.67. The van der Waals surface area contributed by atoms with E-state index in [1.807, 2.05) is 0 Å². The molecule has 0 unspecified atom stereocenters. The third kappa shape index (κ3) is 2.51. The third-order valence-electron chi connectivity index (χ3n) is 3.85. The van der Waals surface area contributed by atoms with Gasteiger partial charge < -0.3 is 9.84 Å². The number of aliphatic carboxylic acids is 1. The van der Waals surface area contributed by atoms with Gasteiger partial charge in [0.05, 0.1) is 23.7 Å². The molecule has 1 fully saturated rings. The van der Waals surface area contributed by atoms with Crippen LogP contribution in [-0.4, -0.2) is 54.3 Å². The Kier molecular flexibility index (Phi) is 3.42. The first-order valence-electron chi connectivity index (χ1n) is 6.67. The average Bonchev–Trinajstić information content (AvgIpc) is 3.08. The number of aryl methyl sites for hydroxylation is 1. The third-order valence-corrected chi connectivity index (χ3v) is 3.85. The van der Waals surface area contributed by atoms with Crippen LogP contribution in [-0.2, 0) is 23.1 Å². The van der Waals surface area contributed by atoms with E-state index in [2.05, 4.69) is 20.6 Å². The molecule has 9 nitrogen and oxygen atoms in total. The Hall–Kier alpha value is -2.29. The van der Waals surface area contributed by atoms with E-state index in [-0.39, 0.29) is 6.54 Å². The van der Waals surface area contributed by atoms with E-state index in [9.17, 15) is 9.90 Å². The largest absolute Gasteiger partial charge is 0.481 e. The summed E-state index contributed by atoms with van der Waals surface area (Å²) in [7, 11) is 1.80. The Balaban J connectivity index is 1.91. The second-order valence-corrected chi connectivity index (χ2v) is 5.26. The topological polar surface area (TPSA) is 108 Å². The first kappa shape index (κ1) is 13.7. The number of tetrazole rings is 1. The van der Waals surface area contributed by atoms with Gasteiger partial charge in [-0.15, -0.1) is 5.10 Å². The van der Waals surface area contributed by atoms with Crippen molar-refractivity contribution in [1.82, 2.24) is 30.0 Å². The van der Waals surface area contributed by atoms with Gasteiger partial charge in [-0.3, -0.25) is 9.48 Å². The number of ether oxygens (including phenoxy) is 1. The van der Waals surface area contributed by atoms with Gasteiger partial charge in [0.1, 0.15) is 0 Å². The predicted molar refractivity (Wildman–Crippen MR) is 70.1 cm³/mol. The lowest BCUT2D eigenvalue weighted by molar-refractivity contribution is -0.156. The summed E-state index contributed by atoms with van der Waals surface area (Å²) in [5.74, 6) is -0.311. The van der Waals surface area contributed by atoms with Crippen molar-refractivity contribution in [3.8, 4) is 11.4 Å². The second-order valence-electron chi connectivity index (χ2n) is 5.26. The Labute approximate surface area is 120 Å². The van der Waals surface area contributed by atoms with Gasteiger partial charge in [-0.25, -0.2) is 4.68 Å². The summed E-state index contributed by atoms with van der Waals surface area (Å²) >= 11 is 0. The highest BCUT2D eigenvalue weighted by Crippen LogP contribution is 2.33. The zero-order chi connectivity index (χ0) is 14.9. The molecule has 0 atom stereocenters. The SMILES string of the molecule is Cn1cc(-c2nnnn2CC2(C(=O)O)CCOCC2)cn1. The van der Waals surface area contributed by atoms with Crippen molar-refractivity contribution in [3.05, 3.63) is 12.4 Å². The number of carboxylic acids is 1. The number of hydrogen-bond donors (Lipinski definition) is 1. The Morgan fingerprint density at radius 2 is 2.24 bits per heavy atom. The molecule has 1 N–H and O–H groups in total. The quantitative estimate of drug-likeness (QED) is 0.841. The minimum Gasteiger partial charge on any atom is -0.481 e. The normalized spacial score (nSPS) is 17.8. The van der Waals surface area contributed by atoms with Crippen molar-refractivity contribution in [2.24, 2.45) is 12.5 Å². The molecule has 1 aliphatic heterocycles. The highest BCUT2D eigenvalue weighted by Gasteiger charge is 2.41. The molecule has 2 aromatic heterocycles. The fraction of sp³-hybridized carbons (Fsp3) is 0.583. The molecule has 0 amide bonds. The van der Waals surface area contributed by atoms with E-state index >= 15 is 0 Å². The standard InChI is InChI=1S/C12H16N6O3/c1-17-7-9(6-13-17)10-14-15-16-18(10)8-12(11(19)20)2-4-21-5-3-12/h6-7H,2-5,8H2,1H3,(H,19,20). The maximum atomic E-state index is 11.7. The van der Waals surface area contributed by atoms with Crippen molar-refractivity contribution >= 4 is 5.97 Å². The van der Waals surface area contributed by atoms with Crippen LogP contribution < -0.4 is 0 Å². The van der Waals surface area contributed by atoms with Crippen molar-refractivity contribution in [2.75, 3.05) is 13.2 Å². The van der Waals surface area contributed by atoms with Crippen molar-refractivity contribution in [1.29, 1.82) is 0 Å². The molecule has 0 spiro atoms. The molecule has 0 radical (unpaired) electrons. The smallest absolute Gasteiger partial charge is 0.311 e. The molecule has 0 aromatic carbocycles. The van der Waals surface area contributed by atoms with Crippen LogP contribution in [0.5, 0.6) is 0 Å². The van der Waals surface area contributed by atoms with Crippen LogP contribution in [0.15, 0.2) is 12.4 Å². The molecule has 2 aromatic rings. The molecule has 9 heteroatoms. The molecule has 1 aliphatic rings. The van der Waals surface area contributed by atoms with Crippen LogP contribution in [0.2, 0.25) is 0 Å². The number of carboxylic acid groups (broad SMARTS) is 1. The molecule has 3 rings (SSSR count). The maximum absolute atomic E-state index is 11.7. The zero-order valence-electron chi connectivity index (χ0n) is 11.6. The number of aromatic nitrogens is 6. The molecule has 21 heavy (non-hydrogen) atoms. The van der Waals surface area contributed by atoms with Crippen LogP contribution in [0.1, 0.15) is 12.8 Å². The number of carbonyl (C=O) groups is 1. The summed E-state index contributed by atoms with van der Waals surface area (Å²) in [5.41, 5.74) is -0.125. The van der Waals surface area contributed by atoms with Gasteiger partial charge in [0.25, 0.3) is 0 Å². The zero-order valence-corrected chi connectivity index (χ0v) is 11.6. The molecular formula is C12H16N6O3. The lowest BCUT2D eigenvalue weighted by Gasteiger charge is -2.32. The van der Waals surface area contributed by atoms with Crippen LogP contribution in [0.25, 0.3) is 11.4 Å². The maximum Gasteiger partial charge on any atom is 0.311 e. The number of nitrogens with zero attached hydrogens (tertiary/aromatic N) is 6. The summed E-state index contributed by atoms with van der Waals surface area (Å²) in [6, 6.07) is 0. The highest BCUT2D eigenvalue weighted by molar-refractivity contribution is 5.74. The Morgan fingerprint density at radius 3 is 2.86 bits per heavy atom. The van der Waals surface area contributed by atoms with E-state index in [1.54, 1.807) is 24.1 Å². The van der Waals surface area contributed by atoms with Crippen LogP contribution in [0, 0.1) is 5.41 Å². The van der Waals surface area contributed by atoms with Gasteiger partial charge in [0.2, 0.25) is 0 Å². The summed E-state index contributed by atoms with van der Waals surface area (Å²) < 4.78 is 8.46. The lowest BCUT2D eigenvalue weighted by atomic mass is 9.80. The van der Waals surface area contributed by atoms with Crippen molar-refractivity contribution in [2.45, 2.75) is 19.4 Å². The van der Waals surface area contributed by atoms with Crippen LogP contribution in [0.3, 0.4) is 0 Å². The van der Waals surface area contributed by atoms with E-state index in [0.29, 0.717) is 31.9 Å². The Morgan fingerprint density at radius 1 is 1.48 bits per heavy atom. The summed E-state index contributed by atoms with van der Waals surface area (Å²) in [5, 5.41) is 25.3. The van der Waals surface area contributed by atoms with Gasteiger partial charge in [-0.05, 0) is 23.3 Å². The van der Waals surface area contributed by atoms with Gasteiger partial charge >= 0.3 is 5.97 Å². The fourth-order valence-electron chi connectivity index (χ4n) is 2.54. The van der Waals surface area contributed by atoms with E-state index in [1.165, 1.54) is 4.68 Å². The number of rotatable bonds is 4. The molecule has 0 aliphatic carbocycles. The summed E-state index contributed by atoms with van der Waals surface area (Å²) in [6.07, 6.45) is 4.35. The van der Waals surface area contributed by atoms with Gasteiger partial charge in [-0.1, -0.05) is 0 Å². The second kappa shape index (κ2) is 5.24. The monoisotopic (exact) mass is 292 g/mol. The number of hydrogen-bond acceptors (Lipinski definition) is 6. The average molecular weight is 292 g/mol. The minimum atomic E-state index is -0.884. The summed E-state index contributed by atoms with van der Waals surface area (Å²) in [6.45, 7) is 1.11. The highest BCUT2D eigenvalue weighted by atomic mass is 16.5. The molecule has 3 heterocycles. The van der Waals surface area contributed by atoms with E-state index in [0.717, 1.165) is 5.56 Å². The first-order chi connectivity index (χ1) is 10.1. The van der Waals surface area contributed by atoms with E-state index in [4.69, 9.17) is 4.74 Å². The molecule has 0 bridgehead atoms. The van der Waals surface area contributed by atoms with Crippen LogP contribution in [0.4, 0.5) is 0 Å². The van der Waals surface area contributed by atoms with Gasteiger partial charge in [-0.2, -0.15) is 5.10 Å². The lowest BCUT2D eigenvalue weighted by Crippen LogP contribution is -2.41. The van der Waals surface area contributed by atoms with Gasteiger partial charge in [0.15, 0.2) is 5.82 Å². The molecule has 112 valence electrons. The molecule has 0 saturated carbocycles. The van der Waals surface area contributed by atoms with Crippen molar-refractivity contribution in [3.63, 3.8) is 0 Å². The summed E-state index contributed by atoms with van der Waals surface area (Å²) in [4.78, 5) is 11.7. The fourth-order valence-corrected chi connectivity index (χ4v) is 2.54. The predicted octanol–water partition coefficient (Wildman–Crippen LogP) is -0.0450. The van der Waals surface area contributed by atoms with Crippen molar-refractivity contribution < 1.29 is 14.6 Å². The Bertz CT molecular complexity index is 643. The minimum absolute atomic E-state index is 0.225. The van der Waals surface area contributed by atoms with Crippen LogP contribution >= 0.6 is 0 Å². The van der Waals surface area contributed by atoms with E-state index < -0.39 is 11.4 Å². The van der Waals surface area contributed by atoms with Gasteiger partial charge in [0, 0.05) is 26.5 Å². The molecular weight excluding hydrogens is 276 g/mol.